The number of benzene rings is 2. The first-order valence-electron chi connectivity index (χ1n) is 6.11. The first-order valence-corrected chi connectivity index (χ1v) is 6.11. The van der Waals surface area contributed by atoms with Crippen molar-refractivity contribution in [1.29, 1.82) is 0 Å². The molecule has 0 spiro atoms. The van der Waals surface area contributed by atoms with E-state index in [1.165, 1.54) is 12.4 Å². The number of rotatable bonds is 2. The number of carbonyl (C=O) groups excluding carboxylic acids is 1. The zero-order chi connectivity index (χ0) is 13.9. The van der Waals surface area contributed by atoms with E-state index in [9.17, 15) is 4.79 Å². The lowest BCUT2D eigenvalue weighted by Gasteiger charge is -2.08. The summed E-state index contributed by atoms with van der Waals surface area (Å²) in [4.78, 5) is 20.0. The summed E-state index contributed by atoms with van der Waals surface area (Å²) in [5, 5.41) is 4.86. The number of nitrogens with one attached hydrogen (secondary N) is 1. The lowest BCUT2D eigenvalue weighted by atomic mass is 10.1. The van der Waals surface area contributed by atoms with Crippen LogP contribution in [-0.4, -0.2) is 15.9 Å². The first-order chi connectivity index (χ1) is 9.74. The third-order valence-corrected chi connectivity index (χ3v) is 2.92. The molecule has 1 heterocycles. The van der Waals surface area contributed by atoms with Gasteiger partial charge in [0.1, 0.15) is 11.5 Å². The molecule has 5 nitrogen and oxygen atoms in total. The van der Waals surface area contributed by atoms with Gasteiger partial charge in [0.15, 0.2) is 0 Å². The Balaban J connectivity index is 1.95. The number of hydrogen-bond acceptors (Lipinski definition) is 4. The molecule has 1 aromatic heterocycles. The van der Waals surface area contributed by atoms with E-state index in [0.29, 0.717) is 0 Å². The maximum Gasteiger partial charge on any atom is 0.275 e. The second-order valence-electron chi connectivity index (χ2n) is 4.31. The highest BCUT2D eigenvalue weighted by Gasteiger charge is 2.10. The molecule has 0 radical (unpaired) electrons. The number of carbonyl (C=O) groups is 1. The van der Waals surface area contributed by atoms with Crippen molar-refractivity contribution in [1.82, 2.24) is 9.97 Å². The zero-order valence-electron chi connectivity index (χ0n) is 10.6. The number of nitrogens with zero attached hydrogens (tertiary/aromatic N) is 2. The number of nitrogen functional groups attached to an aromatic ring is 1. The Hall–Kier alpha value is -2.95. The molecule has 0 aliphatic rings. The Kier molecular flexibility index (Phi) is 3.01. The van der Waals surface area contributed by atoms with Gasteiger partial charge in [0.2, 0.25) is 0 Å². The van der Waals surface area contributed by atoms with Crippen molar-refractivity contribution in [2.24, 2.45) is 0 Å². The summed E-state index contributed by atoms with van der Waals surface area (Å²) < 4.78 is 0. The van der Waals surface area contributed by atoms with Crippen LogP contribution in [0.25, 0.3) is 10.8 Å². The average Bonchev–Trinajstić information content (AvgIpc) is 2.47. The van der Waals surface area contributed by atoms with Gasteiger partial charge in [0, 0.05) is 11.1 Å². The summed E-state index contributed by atoms with van der Waals surface area (Å²) in [6, 6.07) is 13.6. The summed E-state index contributed by atoms with van der Waals surface area (Å²) in [5.74, 6) is -0.114. The average molecular weight is 264 g/mol. The fraction of sp³-hybridized carbons (Fsp3) is 0. The van der Waals surface area contributed by atoms with Crippen molar-refractivity contribution in [3.05, 3.63) is 60.6 Å². The molecule has 0 bridgehead atoms. The first kappa shape index (κ1) is 12.1. The van der Waals surface area contributed by atoms with E-state index in [1.807, 2.05) is 42.5 Å². The second kappa shape index (κ2) is 4.97. The fourth-order valence-electron chi connectivity index (χ4n) is 2.01. The Morgan fingerprint density at radius 2 is 1.85 bits per heavy atom. The molecule has 0 saturated heterocycles. The molecule has 1 amide bonds. The van der Waals surface area contributed by atoms with Gasteiger partial charge in [-0.3, -0.25) is 9.78 Å². The highest BCUT2D eigenvalue weighted by atomic mass is 16.1. The molecule has 3 rings (SSSR count). The molecular weight excluding hydrogens is 252 g/mol. The third-order valence-electron chi connectivity index (χ3n) is 2.92. The van der Waals surface area contributed by atoms with Crippen LogP contribution in [0.1, 0.15) is 10.5 Å². The predicted molar refractivity (Wildman–Crippen MR) is 78.3 cm³/mol. The van der Waals surface area contributed by atoms with Gasteiger partial charge in [-0.15, -0.1) is 0 Å². The van der Waals surface area contributed by atoms with Crippen molar-refractivity contribution < 1.29 is 4.79 Å². The molecule has 2 aromatic carbocycles. The van der Waals surface area contributed by atoms with Crippen LogP contribution < -0.4 is 11.1 Å². The standard InChI is InChI=1S/C15H12N4O/c16-14-9-17-8-13(18-14)15(20)19-12-7-3-5-10-4-1-2-6-11(10)12/h1-9H,(H2,16,18)(H,19,20). The van der Waals surface area contributed by atoms with Crippen molar-refractivity contribution in [2.75, 3.05) is 11.1 Å². The summed E-state index contributed by atoms with van der Waals surface area (Å²) >= 11 is 0. The van der Waals surface area contributed by atoms with Gasteiger partial charge in [-0.25, -0.2) is 4.98 Å². The van der Waals surface area contributed by atoms with Gasteiger partial charge < -0.3 is 11.1 Å². The summed E-state index contributed by atoms with van der Waals surface area (Å²) in [5.41, 5.74) is 6.45. The molecule has 0 unspecified atom stereocenters. The van der Waals surface area contributed by atoms with Crippen LogP contribution in [0.5, 0.6) is 0 Å². The van der Waals surface area contributed by atoms with Gasteiger partial charge in [-0.05, 0) is 11.5 Å². The maximum atomic E-state index is 12.1. The van der Waals surface area contributed by atoms with Gasteiger partial charge >= 0.3 is 0 Å². The molecule has 20 heavy (non-hydrogen) atoms. The van der Waals surface area contributed by atoms with Crippen LogP contribution in [0.4, 0.5) is 11.5 Å². The number of amides is 1. The predicted octanol–water partition coefficient (Wildman–Crippen LogP) is 2.46. The molecule has 5 heteroatoms. The molecule has 3 N–H and O–H groups in total. The Bertz CT molecular complexity index is 780. The van der Waals surface area contributed by atoms with E-state index in [1.54, 1.807) is 0 Å². The summed E-state index contributed by atoms with van der Waals surface area (Å²) in [6.45, 7) is 0. The molecule has 0 aliphatic carbocycles. The third kappa shape index (κ3) is 2.29. The molecule has 98 valence electrons. The SMILES string of the molecule is Nc1cncc(C(=O)Nc2cccc3ccccc23)n1. The number of hydrogen-bond donors (Lipinski definition) is 2. The van der Waals surface area contributed by atoms with E-state index in [4.69, 9.17) is 5.73 Å². The van der Waals surface area contributed by atoms with Crippen molar-refractivity contribution >= 4 is 28.2 Å². The molecule has 3 aromatic rings. The molecule has 0 atom stereocenters. The smallest absolute Gasteiger partial charge is 0.275 e. The Morgan fingerprint density at radius 3 is 2.70 bits per heavy atom. The van der Waals surface area contributed by atoms with Crippen LogP contribution in [0.15, 0.2) is 54.9 Å². The van der Waals surface area contributed by atoms with Crippen LogP contribution in [0, 0.1) is 0 Å². The summed E-state index contributed by atoms with van der Waals surface area (Å²) in [6.07, 6.45) is 2.78. The van der Waals surface area contributed by atoms with Crippen molar-refractivity contribution in [3.63, 3.8) is 0 Å². The van der Waals surface area contributed by atoms with E-state index >= 15 is 0 Å². The van der Waals surface area contributed by atoms with Crippen LogP contribution >= 0.6 is 0 Å². The van der Waals surface area contributed by atoms with E-state index in [-0.39, 0.29) is 17.4 Å². The van der Waals surface area contributed by atoms with Crippen molar-refractivity contribution in [2.45, 2.75) is 0 Å². The summed E-state index contributed by atoms with van der Waals surface area (Å²) in [7, 11) is 0. The normalized spacial score (nSPS) is 10.4. The largest absolute Gasteiger partial charge is 0.382 e. The Morgan fingerprint density at radius 1 is 1.05 bits per heavy atom. The lowest BCUT2D eigenvalue weighted by molar-refractivity contribution is 0.102. The zero-order valence-corrected chi connectivity index (χ0v) is 10.6. The fourth-order valence-corrected chi connectivity index (χ4v) is 2.01. The van der Waals surface area contributed by atoms with Crippen molar-refractivity contribution in [3.8, 4) is 0 Å². The van der Waals surface area contributed by atoms with Gasteiger partial charge in [0.25, 0.3) is 5.91 Å². The van der Waals surface area contributed by atoms with E-state index in [0.717, 1.165) is 16.5 Å². The molecule has 0 saturated carbocycles. The molecule has 0 fully saturated rings. The van der Waals surface area contributed by atoms with Crippen LogP contribution in [0.2, 0.25) is 0 Å². The minimum absolute atomic E-state index is 0.193. The maximum absolute atomic E-state index is 12.1. The topological polar surface area (TPSA) is 80.9 Å². The minimum Gasteiger partial charge on any atom is -0.382 e. The highest BCUT2D eigenvalue weighted by molar-refractivity contribution is 6.08. The van der Waals surface area contributed by atoms with E-state index < -0.39 is 0 Å². The molecule has 0 aliphatic heterocycles. The van der Waals surface area contributed by atoms with Crippen LogP contribution in [0.3, 0.4) is 0 Å². The minimum atomic E-state index is -0.332. The molecular formula is C15H12N4O. The number of anilines is 2. The lowest BCUT2D eigenvalue weighted by Crippen LogP contribution is -2.15. The van der Waals surface area contributed by atoms with Gasteiger partial charge in [-0.2, -0.15) is 0 Å². The number of nitrogens with two attached hydrogens (primary N) is 1. The quantitative estimate of drug-likeness (QED) is 0.745. The van der Waals surface area contributed by atoms with Gasteiger partial charge in [-0.1, -0.05) is 36.4 Å². The number of aromatic nitrogens is 2. The van der Waals surface area contributed by atoms with E-state index in [2.05, 4.69) is 15.3 Å². The Labute approximate surface area is 115 Å². The van der Waals surface area contributed by atoms with Gasteiger partial charge in [0.05, 0.1) is 12.4 Å². The second-order valence-corrected chi connectivity index (χ2v) is 4.31. The highest BCUT2D eigenvalue weighted by Crippen LogP contribution is 2.23. The van der Waals surface area contributed by atoms with Crippen LogP contribution in [-0.2, 0) is 0 Å². The monoisotopic (exact) mass is 264 g/mol. The number of fused-ring (bicyclic) bond motifs is 1.